The Hall–Kier alpha value is -1.98. The summed E-state index contributed by atoms with van der Waals surface area (Å²) in [6, 6.07) is 0. The molecule has 0 unspecified atom stereocenters. The van der Waals surface area contributed by atoms with Crippen LogP contribution in [0, 0.1) is 6.92 Å². The molecule has 2 heterocycles. The molecule has 0 amide bonds. The molecule has 0 saturated carbocycles. The molecule has 2 aromatic rings. The van der Waals surface area contributed by atoms with Gasteiger partial charge in [-0.3, -0.25) is 0 Å². The topological polar surface area (TPSA) is 82.5 Å². The zero-order valence-electron chi connectivity index (χ0n) is 9.38. The van der Waals surface area contributed by atoms with Crippen LogP contribution in [0.4, 0.5) is 5.82 Å². The summed E-state index contributed by atoms with van der Waals surface area (Å²) in [6.45, 7) is 3.95. The molecule has 0 saturated heterocycles. The Labute approximate surface area is 93.6 Å². The zero-order chi connectivity index (χ0) is 11.5. The fourth-order valence-corrected chi connectivity index (χ4v) is 1.44. The second-order valence-electron chi connectivity index (χ2n) is 3.56. The minimum absolute atomic E-state index is 0.504. The maximum Gasteiger partial charge on any atom is 0.163 e. The van der Waals surface area contributed by atoms with E-state index in [1.54, 1.807) is 11.0 Å². The summed E-state index contributed by atoms with van der Waals surface area (Å²) < 4.78 is 1.60. The lowest BCUT2D eigenvalue weighted by atomic mass is 10.2. The van der Waals surface area contributed by atoms with Crippen LogP contribution < -0.4 is 5.73 Å². The molecule has 0 radical (unpaired) electrons. The molecule has 0 aliphatic carbocycles. The first-order valence-corrected chi connectivity index (χ1v) is 5.20. The third-order valence-corrected chi connectivity index (χ3v) is 2.31. The van der Waals surface area contributed by atoms with Gasteiger partial charge in [0.25, 0.3) is 0 Å². The summed E-state index contributed by atoms with van der Waals surface area (Å²) in [5.41, 5.74) is 6.67. The first kappa shape index (κ1) is 10.5. The van der Waals surface area contributed by atoms with E-state index < -0.39 is 0 Å². The van der Waals surface area contributed by atoms with Crippen molar-refractivity contribution in [1.29, 1.82) is 0 Å². The maximum atomic E-state index is 5.85. The van der Waals surface area contributed by atoms with Crippen molar-refractivity contribution in [3.05, 3.63) is 24.0 Å². The van der Waals surface area contributed by atoms with Gasteiger partial charge in [-0.2, -0.15) is 5.10 Å². The largest absolute Gasteiger partial charge is 0.383 e. The molecule has 0 bridgehead atoms. The Kier molecular flexibility index (Phi) is 2.80. The number of anilines is 1. The Bertz CT molecular complexity index is 476. The van der Waals surface area contributed by atoms with Gasteiger partial charge >= 0.3 is 0 Å². The van der Waals surface area contributed by atoms with Gasteiger partial charge in [-0.05, 0) is 13.3 Å². The van der Waals surface area contributed by atoms with Gasteiger partial charge in [-0.25, -0.2) is 19.6 Å². The average molecular weight is 218 g/mol. The molecule has 0 spiro atoms. The van der Waals surface area contributed by atoms with Gasteiger partial charge < -0.3 is 5.73 Å². The van der Waals surface area contributed by atoms with Gasteiger partial charge in [-0.1, -0.05) is 6.92 Å². The lowest BCUT2D eigenvalue weighted by molar-refractivity contribution is 0.779. The molecule has 6 nitrogen and oxygen atoms in total. The number of hydrogen-bond acceptors (Lipinski definition) is 5. The van der Waals surface area contributed by atoms with Crippen LogP contribution >= 0.6 is 0 Å². The van der Waals surface area contributed by atoms with E-state index >= 15 is 0 Å². The van der Waals surface area contributed by atoms with Gasteiger partial charge in [0.1, 0.15) is 24.3 Å². The number of nitrogens with two attached hydrogens (primary N) is 1. The second-order valence-corrected chi connectivity index (χ2v) is 3.56. The van der Waals surface area contributed by atoms with E-state index in [1.807, 2.05) is 6.92 Å². The number of aromatic nitrogens is 5. The number of nitrogens with zero attached hydrogens (tertiary/aromatic N) is 5. The van der Waals surface area contributed by atoms with Crippen LogP contribution in [0.2, 0.25) is 0 Å². The Balaban J connectivity index is 2.51. The number of aryl methyl sites for hydroxylation is 1. The Morgan fingerprint density at radius 1 is 1.38 bits per heavy atom. The van der Waals surface area contributed by atoms with E-state index in [9.17, 15) is 0 Å². The summed E-state index contributed by atoms with van der Waals surface area (Å²) in [6.07, 6.45) is 4.87. The molecule has 2 aromatic heterocycles. The molecule has 0 aliphatic heterocycles. The quantitative estimate of drug-likeness (QED) is 0.827. The molecule has 2 rings (SSSR count). The lowest BCUT2D eigenvalue weighted by Crippen LogP contribution is -2.09. The van der Waals surface area contributed by atoms with Crippen molar-refractivity contribution in [1.82, 2.24) is 24.7 Å². The third kappa shape index (κ3) is 1.86. The van der Waals surface area contributed by atoms with Crippen molar-refractivity contribution in [3.8, 4) is 5.82 Å². The predicted molar refractivity (Wildman–Crippen MR) is 60.1 cm³/mol. The van der Waals surface area contributed by atoms with E-state index in [1.165, 1.54) is 6.33 Å². The van der Waals surface area contributed by atoms with Crippen molar-refractivity contribution in [2.24, 2.45) is 0 Å². The summed E-state index contributed by atoms with van der Waals surface area (Å²) in [5, 5.41) is 4.05. The molecule has 84 valence electrons. The van der Waals surface area contributed by atoms with Crippen LogP contribution in [0.5, 0.6) is 0 Å². The highest BCUT2D eigenvalue weighted by atomic mass is 15.3. The number of nitrogen functional groups attached to an aromatic ring is 1. The Morgan fingerprint density at radius 2 is 2.19 bits per heavy atom. The Morgan fingerprint density at radius 3 is 2.81 bits per heavy atom. The SMILES string of the molecule is CCCc1nc(N)c(C)c(-n2cncn2)n1. The van der Waals surface area contributed by atoms with Gasteiger partial charge in [0, 0.05) is 12.0 Å². The molecule has 0 aliphatic rings. The lowest BCUT2D eigenvalue weighted by Gasteiger charge is -2.08. The molecule has 2 N–H and O–H groups in total. The average Bonchev–Trinajstić information content (AvgIpc) is 2.76. The van der Waals surface area contributed by atoms with Crippen molar-refractivity contribution < 1.29 is 0 Å². The highest BCUT2D eigenvalue weighted by Crippen LogP contribution is 2.15. The van der Waals surface area contributed by atoms with Crippen LogP contribution in [-0.2, 0) is 6.42 Å². The van der Waals surface area contributed by atoms with E-state index in [2.05, 4.69) is 27.0 Å². The molecule has 16 heavy (non-hydrogen) atoms. The smallest absolute Gasteiger partial charge is 0.163 e. The van der Waals surface area contributed by atoms with E-state index in [-0.39, 0.29) is 0 Å². The third-order valence-electron chi connectivity index (χ3n) is 2.31. The first-order chi connectivity index (χ1) is 7.72. The zero-order valence-corrected chi connectivity index (χ0v) is 9.38. The maximum absolute atomic E-state index is 5.85. The van der Waals surface area contributed by atoms with Gasteiger partial charge in [0.05, 0.1) is 0 Å². The number of rotatable bonds is 3. The van der Waals surface area contributed by atoms with Crippen LogP contribution in [0.25, 0.3) is 5.82 Å². The summed E-state index contributed by atoms with van der Waals surface area (Å²) >= 11 is 0. The predicted octanol–water partition coefficient (Wildman–Crippen LogP) is 0.900. The van der Waals surface area contributed by atoms with E-state index in [0.717, 1.165) is 24.2 Å². The molecular weight excluding hydrogens is 204 g/mol. The van der Waals surface area contributed by atoms with Crippen molar-refractivity contribution in [2.45, 2.75) is 26.7 Å². The summed E-state index contributed by atoms with van der Waals surface area (Å²) in [4.78, 5) is 12.6. The van der Waals surface area contributed by atoms with Crippen molar-refractivity contribution >= 4 is 5.82 Å². The van der Waals surface area contributed by atoms with E-state index in [0.29, 0.717) is 11.6 Å². The highest BCUT2D eigenvalue weighted by molar-refractivity contribution is 5.47. The molecule has 0 fully saturated rings. The van der Waals surface area contributed by atoms with Crippen LogP contribution in [0.3, 0.4) is 0 Å². The molecule has 0 aromatic carbocycles. The van der Waals surface area contributed by atoms with Crippen molar-refractivity contribution in [3.63, 3.8) is 0 Å². The first-order valence-electron chi connectivity index (χ1n) is 5.20. The minimum Gasteiger partial charge on any atom is -0.383 e. The molecule has 0 atom stereocenters. The van der Waals surface area contributed by atoms with E-state index in [4.69, 9.17) is 5.73 Å². The monoisotopic (exact) mass is 218 g/mol. The summed E-state index contributed by atoms with van der Waals surface area (Å²) in [7, 11) is 0. The van der Waals surface area contributed by atoms with Crippen LogP contribution in [0.1, 0.15) is 24.7 Å². The summed E-state index contributed by atoms with van der Waals surface area (Å²) in [5.74, 6) is 1.95. The second kappa shape index (κ2) is 4.26. The van der Waals surface area contributed by atoms with Gasteiger partial charge in [0.2, 0.25) is 0 Å². The van der Waals surface area contributed by atoms with Crippen LogP contribution in [0.15, 0.2) is 12.7 Å². The fourth-order valence-electron chi connectivity index (χ4n) is 1.44. The molecular formula is C10H14N6. The standard InChI is InChI=1S/C10H14N6/c1-3-4-8-14-9(11)7(2)10(15-8)16-6-12-5-13-16/h5-6H,3-4H2,1-2H3,(H2,11,14,15). The number of hydrogen-bond donors (Lipinski definition) is 1. The van der Waals surface area contributed by atoms with Crippen LogP contribution in [-0.4, -0.2) is 24.7 Å². The highest BCUT2D eigenvalue weighted by Gasteiger charge is 2.10. The van der Waals surface area contributed by atoms with Gasteiger partial charge in [-0.15, -0.1) is 0 Å². The van der Waals surface area contributed by atoms with Gasteiger partial charge in [0.15, 0.2) is 5.82 Å². The normalized spacial score (nSPS) is 10.6. The minimum atomic E-state index is 0.504. The molecule has 6 heteroatoms. The van der Waals surface area contributed by atoms with Crippen molar-refractivity contribution in [2.75, 3.05) is 5.73 Å². The fraction of sp³-hybridized carbons (Fsp3) is 0.400.